The fourth-order valence-electron chi connectivity index (χ4n) is 2.77. The predicted molar refractivity (Wildman–Crippen MR) is 94.9 cm³/mol. The van der Waals surface area contributed by atoms with Crippen LogP contribution in [0.4, 0.5) is 0 Å². The number of carbonyl (C=O) groups excluding carboxylic acids is 1. The smallest absolute Gasteiger partial charge is 0.262 e. The van der Waals surface area contributed by atoms with Crippen molar-refractivity contribution in [3.63, 3.8) is 0 Å². The Morgan fingerprint density at radius 2 is 2.04 bits per heavy atom. The number of furan rings is 1. The zero-order valence-corrected chi connectivity index (χ0v) is 14.7. The standard InChI is InChI=1S/C18H19N3O5/c1-10-14(15-17(23)20-9-21-18(15)26-10)16(22)19-7-6-11-4-5-12(24-2)13(8-11)25-3/h4-5,8-9H,6-7H2,1-3H3,(H,19,22)(H,20,21,23). The number of nitrogens with zero attached hydrogens (tertiary/aromatic N) is 1. The van der Waals surface area contributed by atoms with E-state index in [4.69, 9.17) is 13.9 Å². The summed E-state index contributed by atoms with van der Waals surface area (Å²) >= 11 is 0. The van der Waals surface area contributed by atoms with Crippen LogP contribution in [0.1, 0.15) is 21.7 Å². The molecule has 3 aromatic rings. The number of H-pyrrole nitrogens is 1. The van der Waals surface area contributed by atoms with Crippen molar-refractivity contribution >= 4 is 17.0 Å². The lowest BCUT2D eigenvalue weighted by Crippen LogP contribution is -2.27. The SMILES string of the molecule is COc1ccc(CCNC(=O)c2c(C)oc3nc[nH]c(=O)c23)cc1OC. The molecule has 3 rings (SSSR count). The molecule has 2 heterocycles. The van der Waals surface area contributed by atoms with Crippen molar-refractivity contribution in [1.82, 2.24) is 15.3 Å². The van der Waals surface area contributed by atoms with Gasteiger partial charge in [-0.05, 0) is 31.0 Å². The van der Waals surface area contributed by atoms with E-state index < -0.39 is 5.56 Å². The summed E-state index contributed by atoms with van der Waals surface area (Å²) in [5.41, 5.74) is 0.936. The first-order chi connectivity index (χ1) is 12.5. The number of rotatable bonds is 6. The van der Waals surface area contributed by atoms with E-state index >= 15 is 0 Å². The highest BCUT2D eigenvalue weighted by Gasteiger charge is 2.21. The number of ether oxygens (including phenoxy) is 2. The van der Waals surface area contributed by atoms with Crippen LogP contribution in [-0.2, 0) is 6.42 Å². The molecule has 1 amide bonds. The van der Waals surface area contributed by atoms with Crippen LogP contribution in [0.2, 0.25) is 0 Å². The summed E-state index contributed by atoms with van der Waals surface area (Å²) in [5, 5.41) is 2.97. The molecular weight excluding hydrogens is 338 g/mol. The number of aromatic amines is 1. The first kappa shape index (κ1) is 17.5. The number of carbonyl (C=O) groups is 1. The first-order valence-electron chi connectivity index (χ1n) is 8.01. The van der Waals surface area contributed by atoms with E-state index in [1.165, 1.54) is 6.33 Å². The molecule has 0 aliphatic carbocycles. The van der Waals surface area contributed by atoms with Gasteiger partial charge in [0, 0.05) is 6.54 Å². The van der Waals surface area contributed by atoms with Gasteiger partial charge in [-0.2, -0.15) is 0 Å². The molecule has 0 aliphatic rings. The zero-order valence-electron chi connectivity index (χ0n) is 14.7. The van der Waals surface area contributed by atoms with Gasteiger partial charge >= 0.3 is 0 Å². The van der Waals surface area contributed by atoms with Gasteiger partial charge in [0.25, 0.3) is 11.5 Å². The molecule has 0 saturated carbocycles. The summed E-state index contributed by atoms with van der Waals surface area (Å²) in [7, 11) is 3.15. The van der Waals surface area contributed by atoms with E-state index in [0.717, 1.165) is 5.56 Å². The second-order valence-corrected chi connectivity index (χ2v) is 5.64. The fourth-order valence-corrected chi connectivity index (χ4v) is 2.77. The highest BCUT2D eigenvalue weighted by atomic mass is 16.5. The number of nitrogens with one attached hydrogen (secondary N) is 2. The number of hydrogen-bond acceptors (Lipinski definition) is 6. The molecule has 0 fully saturated rings. The Morgan fingerprint density at radius 3 is 2.77 bits per heavy atom. The van der Waals surface area contributed by atoms with Crippen LogP contribution < -0.4 is 20.3 Å². The Morgan fingerprint density at radius 1 is 1.27 bits per heavy atom. The van der Waals surface area contributed by atoms with Gasteiger partial charge in [0.05, 0.1) is 26.1 Å². The molecule has 8 heteroatoms. The van der Waals surface area contributed by atoms with Crippen LogP contribution in [0.15, 0.2) is 33.7 Å². The van der Waals surface area contributed by atoms with Gasteiger partial charge < -0.3 is 24.2 Å². The summed E-state index contributed by atoms with van der Waals surface area (Å²) < 4.78 is 15.9. The summed E-state index contributed by atoms with van der Waals surface area (Å²) in [6.07, 6.45) is 1.84. The Balaban J connectivity index is 1.72. The minimum absolute atomic E-state index is 0.149. The molecule has 0 unspecified atom stereocenters. The Kier molecular flexibility index (Phi) is 4.92. The third-order valence-electron chi connectivity index (χ3n) is 4.04. The van der Waals surface area contributed by atoms with Gasteiger partial charge in [0.2, 0.25) is 5.71 Å². The van der Waals surface area contributed by atoms with E-state index in [1.807, 2.05) is 18.2 Å². The molecule has 0 spiro atoms. The van der Waals surface area contributed by atoms with Crippen LogP contribution >= 0.6 is 0 Å². The number of fused-ring (bicyclic) bond motifs is 1. The van der Waals surface area contributed by atoms with Gasteiger partial charge in [-0.15, -0.1) is 0 Å². The number of methoxy groups -OCH3 is 2. The van der Waals surface area contributed by atoms with Crippen LogP contribution in [-0.4, -0.2) is 36.6 Å². The van der Waals surface area contributed by atoms with Crippen molar-refractivity contribution in [3.8, 4) is 11.5 Å². The highest BCUT2D eigenvalue weighted by molar-refractivity contribution is 6.06. The Bertz CT molecular complexity index is 1010. The van der Waals surface area contributed by atoms with E-state index in [9.17, 15) is 9.59 Å². The van der Waals surface area contributed by atoms with Crippen molar-refractivity contribution in [2.24, 2.45) is 0 Å². The maximum Gasteiger partial charge on any atom is 0.262 e. The van der Waals surface area contributed by atoms with Crippen molar-refractivity contribution in [1.29, 1.82) is 0 Å². The van der Waals surface area contributed by atoms with Gasteiger partial charge in [0.1, 0.15) is 11.1 Å². The zero-order chi connectivity index (χ0) is 18.7. The maximum absolute atomic E-state index is 12.5. The molecular formula is C18H19N3O5. The van der Waals surface area contributed by atoms with E-state index in [1.54, 1.807) is 21.1 Å². The minimum atomic E-state index is -0.406. The molecule has 0 bridgehead atoms. The monoisotopic (exact) mass is 357 g/mol. The van der Waals surface area contributed by atoms with Crippen LogP contribution in [0, 0.1) is 6.92 Å². The quantitative estimate of drug-likeness (QED) is 0.697. The molecule has 0 saturated heterocycles. The maximum atomic E-state index is 12.5. The normalized spacial score (nSPS) is 10.7. The Labute approximate surface area is 149 Å². The molecule has 26 heavy (non-hydrogen) atoms. The van der Waals surface area contributed by atoms with Crippen molar-refractivity contribution in [3.05, 3.63) is 51.8 Å². The second-order valence-electron chi connectivity index (χ2n) is 5.64. The average molecular weight is 357 g/mol. The van der Waals surface area contributed by atoms with E-state index in [-0.39, 0.29) is 22.6 Å². The van der Waals surface area contributed by atoms with Gasteiger partial charge in [-0.1, -0.05) is 6.07 Å². The van der Waals surface area contributed by atoms with Crippen LogP contribution in [0.25, 0.3) is 11.1 Å². The summed E-state index contributed by atoms with van der Waals surface area (Å²) in [4.78, 5) is 30.9. The molecule has 2 aromatic heterocycles. The molecule has 136 valence electrons. The van der Waals surface area contributed by atoms with Crippen molar-refractivity contribution in [2.75, 3.05) is 20.8 Å². The number of aryl methyl sites for hydroxylation is 1. The van der Waals surface area contributed by atoms with Crippen molar-refractivity contribution in [2.45, 2.75) is 13.3 Å². The molecule has 2 N–H and O–H groups in total. The van der Waals surface area contributed by atoms with E-state index in [0.29, 0.717) is 30.2 Å². The number of benzene rings is 1. The topological polar surface area (TPSA) is 106 Å². The number of aromatic nitrogens is 2. The largest absolute Gasteiger partial charge is 0.493 e. The van der Waals surface area contributed by atoms with E-state index in [2.05, 4.69) is 15.3 Å². The van der Waals surface area contributed by atoms with Gasteiger partial charge in [-0.25, -0.2) is 4.98 Å². The summed E-state index contributed by atoms with van der Waals surface area (Å²) in [5.74, 6) is 1.26. The average Bonchev–Trinajstić information content (AvgIpc) is 2.98. The Hall–Kier alpha value is -3.29. The molecule has 0 aliphatic heterocycles. The molecule has 0 radical (unpaired) electrons. The molecule has 1 aromatic carbocycles. The minimum Gasteiger partial charge on any atom is -0.493 e. The third kappa shape index (κ3) is 3.26. The van der Waals surface area contributed by atoms with Crippen LogP contribution in [0.3, 0.4) is 0 Å². The highest BCUT2D eigenvalue weighted by Crippen LogP contribution is 2.27. The lowest BCUT2D eigenvalue weighted by atomic mass is 10.1. The predicted octanol–water partition coefficient (Wildman–Crippen LogP) is 1.81. The number of hydrogen-bond donors (Lipinski definition) is 2. The van der Waals surface area contributed by atoms with Gasteiger partial charge in [0.15, 0.2) is 11.5 Å². The molecule has 0 atom stereocenters. The van der Waals surface area contributed by atoms with Crippen molar-refractivity contribution < 1.29 is 18.7 Å². The molecule has 8 nitrogen and oxygen atoms in total. The fraction of sp³-hybridized carbons (Fsp3) is 0.278. The third-order valence-corrected chi connectivity index (χ3v) is 4.04. The van der Waals surface area contributed by atoms with Crippen LogP contribution in [0.5, 0.6) is 11.5 Å². The number of amides is 1. The summed E-state index contributed by atoms with van der Waals surface area (Å²) in [6.45, 7) is 2.02. The second kappa shape index (κ2) is 7.30. The lowest BCUT2D eigenvalue weighted by molar-refractivity contribution is 0.0954. The van der Waals surface area contributed by atoms with Gasteiger partial charge in [-0.3, -0.25) is 9.59 Å². The lowest BCUT2D eigenvalue weighted by Gasteiger charge is -2.10. The summed E-state index contributed by atoms with van der Waals surface area (Å²) in [6, 6.07) is 5.58. The first-order valence-corrected chi connectivity index (χ1v) is 8.01.